The lowest BCUT2D eigenvalue weighted by atomic mass is 10.1. The predicted molar refractivity (Wildman–Crippen MR) is 72.9 cm³/mol. The highest BCUT2D eigenvalue weighted by Gasteiger charge is 2.16. The molecule has 1 N–H and O–H groups in total. The van der Waals surface area contributed by atoms with Crippen molar-refractivity contribution >= 4 is 28.5 Å². The summed E-state index contributed by atoms with van der Waals surface area (Å²) in [6, 6.07) is 5.38. The SMILES string of the molecule is Cn1c(Cl)nc2cc(C(=O)NC(C)(C)C)ccc21. The number of hydrogen-bond donors (Lipinski definition) is 1. The Hall–Kier alpha value is -1.55. The molecule has 2 rings (SSSR count). The molecule has 96 valence electrons. The number of fused-ring (bicyclic) bond motifs is 1. The fourth-order valence-corrected chi connectivity index (χ4v) is 1.91. The van der Waals surface area contributed by atoms with Gasteiger partial charge in [-0.3, -0.25) is 4.79 Å². The normalized spacial score (nSPS) is 11.8. The van der Waals surface area contributed by atoms with Gasteiger partial charge >= 0.3 is 0 Å². The second-order valence-electron chi connectivity index (χ2n) is 5.35. The Bertz CT molecular complexity index is 610. The Morgan fingerprint density at radius 3 is 2.67 bits per heavy atom. The largest absolute Gasteiger partial charge is 0.347 e. The van der Waals surface area contributed by atoms with Crippen molar-refractivity contribution in [3.8, 4) is 0 Å². The summed E-state index contributed by atoms with van der Waals surface area (Å²) in [5.74, 6) is -0.105. The van der Waals surface area contributed by atoms with Gasteiger partial charge in [-0.1, -0.05) is 0 Å². The van der Waals surface area contributed by atoms with E-state index in [2.05, 4.69) is 10.3 Å². The Labute approximate surface area is 111 Å². The van der Waals surface area contributed by atoms with Crippen LogP contribution in [0.1, 0.15) is 31.1 Å². The van der Waals surface area contributed by atoms with Crippen LogP contribution in [-0.2, 0) is 7.05 Å². The minimum atomic E-state index is -0.256. The molecule has 0 aliphatic heterocycles. The third-order valence-electron chi connectivity index (χ3n) is 2.58. The first-order chi connectivity index (χ1) is 8.28. The summed E-state index contributed by atoms with van der Waals surface area (Å²) in [5, 5.41) is 3.33. The van der Waals surface area contributed by atoms with Crippen molar-refractivity contribution < 1.29 is 4.79 Å². The van der Waals surface area contributed by atoms with Crippen LogP contribution >= 0.6 is 11.6 Å². The smallest absolute Gasteiger partial charge is 0.251 e. The molecule has 0 saturated carbocycles. The van der Waals surface area contributed by atoms with Gasteiger partial charge in [0.15, 0.2) is 0 Å². The molecule has 0 saturated heterocycles. The number of nitrogens with one attached hydrogen (secondary N) is 1. The fraction of sp³-hybridized carbons (Fsp3) is 0.385. The summed E-state index contributed by atoms with van der Waals surface area (Å²) in [6.45, 7) is 5.84. The van der Waals surface area contributed by atoms with Gasteiger partial charge in [0, 0.05) is 18.2 Å². The van der Waals surface area contributed by atoms with E-state index in [0.717, 1.165) is 11.0 Å². The van der Waals surface area contributed by atoms with E-state index in [1.807, 2.05) is 33.9 Å². The molecule has 0 atom stereocenters. The van der Waals surface area contributed by atoms with Crippen molar-refractivity contribution in [2.45, 2.75) is 26.3 Å². The predicted octanol–water partition coefficient (Wildman–Crippen LogP) is 2.76. The number of amides is 1. The zero-order valence-corrected chi connectivity index (χ0v) is 11.7. The zero-order valence-electron chi connectivity index (χ0n) is 10.9. The van der Waals surface area contributed by atoms with Crippen LogP contribution in [0.5, 0.6) is 0 Å². The standard InChI is InChI=1S/C13H16ClN3O/c1-13(2,3)16-11(18)8-5-6-10-9(7-8)15-12(14)17(10)4/h5-7H,1-4H3,(H,16,18). The first kappa shape index (κ1) is 12.9. The number of nitrogens with zero attached hydrogens (tertiary/aromatic N) is 2. The first-order valence-electron chi connectivity index (χ1n) is 5.72. The molecule has 1 aromatic heterocycles. The van der Waals surface area contributed by atoms with Crippen LogP contribution in [0, 0.1) is 0 Å². The molecule has 1 heterocycles. The molecule has 2 aromatic rings. The van der Waals surface area contributed by atoms with Gasteiger partial charge in [0.1, 0.15) is 0 Å². The molecule has 1 aromatic carbocycles. The zero-order chi connectivity index (χ0) is 13.5. The molecular formula is C13H16ClN3O. The van der Waals surface area contributed by atoms with Crippen LogP contribution in [0.25, 0.3) is 11.0 Å². The van der Waals surface area contributed by atoms with Gasteiger partial charge < -0.3 is 9.88 Å². The number of carbonyl (C=O) groups excluding carboxylic acids is 1. The molecule has 5 heteroatoms. The first-order valence-corrected chi connectivity index (χ1v) is 6.10. The highest BCUT2D eigenvalue weighted by molar-refractivity contribution is 6.29. The molecule has 0 bridgehead atoms. The lowest BCUT2D eigenvalue weighted by Gasteiger charge is -2.20. The summed E-state index contributed by atoms with van der Waals surface area (Å²) in [7, 11) is 1.84. The number of halogens is 1. The summed E-state index contributed by atoms with van der Waals surface area (Å²) < 4.78 is 1.78. The van der Waals surface area contributed by atoms with Crippen molar-refractivity contribution in [3.63, 3.8) is 0 Å². The van der Waals surface area contributed by atoms with E-state index in [1.54, 1.807) is 16.7 Å². The van der Waals surface area contributed by atoms with Crippen LogP contribution in [0.2, 0.25) is 5.28 Å². The molecule has 0 unspecified atom stereocenters. The maximum atomic E-state index is 12.0. The monoisotopic (exact) mass is 265 g/mol. The van der Waals surface area contributed by atoms with Crippen LogP contribution in [0.4, 0.5) is 0 Å². The van der Waals surface area contributed by atoms with Crippen molar-refractivity contribution in [1.82, 2.24) is 14.9 Å². The number of carbonyl (C=O) groups is 1. The summed E-state index contributed by atoms with van der Waals surface area (Å²) in [5.41, 5.74) is 1.97. The number of rotatable bonds is 1. The van der Waals surface area contributed by atoms with Gasteiger partial charge in [0.05, 0.1) is 11.0 Å². The van der Waals surface area contributed by atoms with E-state index < -0.39 is 0 Å². The van der Waals surface area contributed by atoms with E-state index in [9.17, 15) is 4.79 Å². The minimum absolute atomic E-state index is 0.105. The molecule has 18 heavy (non-hydrogen) atoms. The number of aromatic nitrogens is 2. The van der Waals surface area contributed by atoms with E-state index in [-0.39, 0.29) is 11.4 Å². The van der Waals surface area contributed by atoms with E-state index in [0.29, 0.717) is 10.8 Å². The summed E-state index contributed by atoms with van der Waals surface area (Å²) >= 11 is 5.94. The maximum absolute atomic E-state index is 12.0. The van der Waals surface area contributed by atoms with E-state index in [1.165, 1.54) is 0 Å². The van der Waals surface area contributed by atoms with Crippen molar-refractivity contribution in [1.29, 1.82) is 0 Å². The van der Waals surface area contributed by atoms with Crippen LogP contribution in [-0.4, -0.2) is 21.0 Å². The number of hydrogen-bond acceptors (Lipinski definition) is 2. The molecule has 0 radical (unpaired) electrons. The average Bonchev–Trinajstić information content (AvgIpc) is 2.52. The van der Waals surface area contributed by atoms with Gasteiger partial charge in [0.25, 0.3) is 5.91 Å². The second kappa shape index (κ2) is 4.28. The third kappa shape index (κ3) is 2.48. The Kier molecular flexibility index (Phi) is 3.07. The van der Waals surface area contributed by atoms with Crippen LogP contribution in [0.3, 0.4) is 0 Å². The molecule has 4 nitrogen and oxygen atoms in total. The Morgan fingerprint density at radius 2 is 2.06 bits per heavy atom. The fourth-order valence-electron chi connectivity index (χ4n) is 1.72. The highest BCUT2D eigenvalue weighted by atomic mass is 35.5. The van der Waals surface area contributed by atoms with Crippen molar-refractivity contribution in [2.75, 3.05) is 0 Å². The molecule has 1 amide bonds. The van der Waals surface area contributed by atoms with Gasteiger partial charge in [-0.25, -0.2) is 4.98 Å². The van der Waals surface area contributed by atoms with Crippen LogP contribution in [0.15, 0.2) is 18.2 Å². The minimum Gasteiger partial charge on any atom is -0.347 e. The van der Waals surface area contributed by atoms with Crippen molar-refractivity contribution in [2.24, 2.45) is 7.05 Å². The van der Waals surface area contributed by atoms with Gasteiger partial charge in [-0.2, -0.15) is 0 Å². The lowest BCUT2D eigenvalue weighted by Crippen LogP contribution is -2.40. The number of benzene rings is 1. The Morgan fingerprint density at radius 1 is 1.39 bits per heavy atom. The van der Waals surface area contributed by atoms with E-state index in [4.69, 9.17) is 11.6 Å². The molecule has 0 aliphatic carbocycles. The molecular weight excluding hydrogens is 250 g/mol. The topological polar surface area (TPSA) is 46.9 Å². The average molecular weight is 266 g/mol. The number of aryl methyl sites for hydroxylation is 1. The maximum Gasteiger partial charge on any atom is 0.251 e. The lowest BCUT2D eigenvalue weighted by molar-refractivity contribution is 0.0919. The third-order valence-corrected chi connectivity index (χ3v) is 2.92. The summed E-state index contributed by atoms with van der Waals surface area (Å²) in [6.07, 6.45) is 0. The molecule has 0 fully saturated rings. The molecule has 0 aliphatic rings. The van der Waals surface area contributed by atoms with Gasteiger partial charge in [0.2, 0.25) is 5.28 Å². The van der Waals surface area contributed by atoms with E-state index >= 15 is 0 Å². The van der Waals surface area contributed by atoms with Crippen molar-refractivity contribution in [3.05, 3.63) is 29.0 Å². The highest BCUT2D eigenvalue weighted by Crippen LogP contribution is 2.19. The molecule has 0 spiro atoms. The van der Waals surface area contributed by atoms with Gasteiger partial charge in [-0.05, 0) is 50.6 Å². The Balaban J connectivity index is 2.39. The van der Waals surface area contributed by atoms with Gasteiger partial charge in [-0.15, -0.1) is 0 Å². The quantitative estimate of drug-likeness (QED) is 0.862. The number of imidazole rings is 1. The second-order valence-corrected chi connectivity index (χ2v) is 5.69. The summed E-state index contributed by atoms with van der Waals surface area (Å²) in [4.78, 5) is 16.2. The van der Waals surface area contributed by atoms with Crippen LogP contribution < -0.4 is 5.32 Å².